The lowest BCUT2D eigenvalue weighted by atomic mass is 9.78. The van der Waals surface area contributed by atoms with Crippen LogP contribution >= 0.6 is 18.7 Å². The number of allylic oxidation sites excluding steroid dienone is 2. The molecule has 44 heavy (non-hydrogen) atoms. The number of nitrogens with zero attached hydrogens (tertiary/aromatic N) is 2. The van der Waals surface area contributed by atoms with Gasteiger partial charge in [0, 0.05) is 26.4 Å². The van der Waals surface area contributed by atoms with Crippen molar-refractivity contribution >= 4 is 40.5 Å². The maximum atomic E-state index is 14.0. The number of benzene rings is 4. The van der Waals surface area contributed by atoms with E-state index in [1.54, 1.807) is 13.0 Å². The van der Waals surface area contributed by atoms with E-state index in [1.807, 2.05) is 93.6 Å². The molecule has 0 N–H and O–H groups in total. The van der Waals surface area contributed by atoms with Crippen molar-refractivity contribution in [1.29, 1.82) is 5.26 Å². The van der Waals surface area contributed by atoms with E-state index in [1.165, 1.54) is 0 Å². The fraction of sp³-hybridized carbons (Fsp3) is 0.189. The van der Waals surface area contributed by atoms with Gasteiger partial charge in [-0.2, -0.15) is 5.26 Å². The van der Waals surface area contributed by atoms with E-state index in [9.17, 15) is 10.1 Å². The van der Waals surface area contributed by atoms with Gasteiger partial charge in [0.15, 0.2) is 0 Å². The summed E-state index contributed by atoms with van der Waals surface area (Å²) in [7, 11) is -2.86. The van der Waals surface area contributed by atoms with Crippen LogP contribution in [0.2, 0.25) is 5.02 Å². The summed E-state index contributed by atoms with van der Waals surface area (Å²) in [6, 6.07) is 39.9. The number of nitriles is 1. The van der Waals surface area contributed by atoms with Crippen LogP contribution in [0.4, 0.5) is 0 Å². The van der Waals surface area contributed by atoms with E-state index >= 15 is 0 Å². The Labute approximate surface area is 264 Å². The predicted molar refractivity (Wildman–Crippen MR) is 179 cm³/mol. The monoisotopic (exact) mass is 620 g/mol. The highest BCUT2D eigenvalue weighted by Crippen LogP contribution is 2.53. The van der Waals surface area contributed by atoms with Crippen LogP contribution in [0.25, 0.3) is 0 Å². The van der Waals surface area contributed by atoms with Crippen molar-refractivity contribution in [2.24, 2.45) is 10.2 Å². The first-order valence-electron chi connectivity index (χ1n) is 14.5. The van der Waals surface area contributed by atoms with Gasteiger partial charge in [-0.3, -0.25) is 0 Å². The fourth-order valence-corrected chi connectivity index (χ4v) is 9.19. The Kier molecular flexibility index (Phi) is 9.25. The molecule has 5 nitrogen and oxygen atoms in total. The van der Waals surface area contributed by atoms with Crippen molar-refractivity contribution in [2.75, 3.05) is 6.61 Å². The summed E-state index contributed by atoms with van der Waals surface area (Å²) in [5, 5.41) is 14.0. The Bertz CT molecular complexity index is 1720. The molecule has 222 valence electrons. The molecule has 0 radical (unpaired) electrons. The molecule has 1 heterocycles. The molecule has 1 unspecified atom stereocenters. The van der Waals surface area contributed by atoms with Crippen LogP contribution in [0.1, 0.15) is 39.2 Å². The SMILES string of the molecule is CCOC(=O)C1=C(N=P(c2ccccc2)(c2ccccc2)c2ccccc2)OC(C(C)(C)C)=C(C#N)C1c1ccccc1Cl. The third kappa shape index (κ3) is 5.89. The van der Waals surface area contributed by atoms with Crippen molar-refractivity contribution < 1.29 is 14.3 Å². The van der Waals surface area contributed by atoms with Crippen LogP contribution in [0.5, 0.6) is 0 Å². The first-order chi connectivity index (χ1) is 21.2. The van der Waals surface area contributed by atoms with Gasteiger partial charge in [-0.25, -0.2) is 9.54 Å². The fourth-order valence-electron chi connectivity index (χ4n) is 5.47. The van der Waals surface area contributed by atoms with Crippen LogP contribution in [-0.4, -0.2) is 12.6 Å². The lowest BCUT2D eigenvalue weighted by molar-refractivity contribution is -0.139. The molecule has 0 aliphatic carbocycles. The van der Waals surface area contributed by atoms with Gasteiger partial charge in [-0.15, -0.1) is 0 Å². The molecular weight excluding hydrogens is 587 g/mol. The molecule has 0 saturated carbocycles. The molecule has 0 amide bonds. The zero-order valence-electron chi connectivity index (χ0n) is 25.2. The van der Waals surface area contributed by atoms with Gasteiger partial charge in [-0.05, 0) is 18.6 Å². The Hall–Kier alpha value is -4.36. The van der Waals surface area contributed by atoms with E-state index < -0.39 is 24.4 Å². The zero-order chi connectivity index (χ0) is 31.3. The Morgan fingerprint density at radius 1 is 0.864 bits per heavy atom. The number of esters is 1. The molecular formula is C37H34ClN2O3P. The second kappa shape index (κ2) is 13.1. The van der Waals surface area contributed by atoms with E-state index in [0.717, 1.165) is 15.9 Å². The minimum atomic E-state index is -2.86. The second-order valence-corrected chi connectivity index (χ2v) is 14.8. The average Bonchev–Trinajstić information content (AvgIpc) is 3.04. The summed E-state index contributed by atoms with van der Waals surface area (Å²) >= 11 is 6.79. The highest BCUT2D eigenvalue weighted by atomic mass is 35.5. The van der Waals surface area contributed by atoms with Crippen LogP contribution in [0, 0.1) is 16.7 Å². The molecule has 0 fully saturated rings. The Morgan fingerprint density at radius 2 is 1.34 bits per heavy atom. The predicted octanol–water partition coefficient (Wildman–Crippen LogP) is 8.23. The number of ether oxygens (including phenoxy) is 2. The smallest absolute Gasteiger partial charge is 0.340 e. The van der Waals surface area contributed by atoms with Crippen LogP contribution in [-0.2, 0) is 14.3 Å². The first-order valence-corrected chi connectivity index (χ1v) is 16.6. The van der Waals surface area contributed by atoms with Gasteiger partial charge in [0.2, 0.25) is 5.88 Å². The van der Waals surface area contributed by atoms with E-state index in [2.05, 4.69) is 42.5 Å². The molecule has 0 bridgehead atoms. The van der Waals surface area contributed by atoms with Crippen LogP contribution in [0.3, 0.4) is 0 Å². The summed E-state index contributed by atoms with van der Waals surface area (Å²) in [6.45, 7) is 7.82. The normalized spacial score (nSPS) is 15.3. The quantitative estimate of drug-likeness (QED) is 0.154. The summed E-state index contributed by atoms with van der Waals surface area (Å²) in [5.41, 5.74) is 0.459. The minimum absolute atomic E-state index is 0.127. The van der Waals surface area contributed by atoms with Gasteiger partial charge in [0.25, 0.3) is 0 Å². The molecule has 1 aliphatic heterocycles. The van der Waals surface area contributed by atoms with E-state index in [-0.39, 0.29) is 18.1 Å². The second-order valence-electron chi connectivity index (χ2n) is 11.3. The molecule has 4 aromatic carbocycles. The van der Waals surface area contributed by atoms with Crippen LogP contribution < -0.4 is 15.9 Å². The standard InChI is InChI=1S/C37H34ClN2O3P/c1-5-42-36(41)33-32(29-23-15-16-24-31(29)38)30(25-39)34(37(2,3)4)43-35(33)40-44(26-17-9-6-10-18-26,27-19-11-7-12-20-27)28-21-13-8-14-22-28/h6-24,32H,5H2,1-4H3. The molecule has 0 aromatic heterocycles. The molecule has 4 aromatic rings. The highest BCUT2D eigenvalue weighted by molar-refractivity contribution is 7.87. The summed E-state index contributed by atoms with van der Waals surface area (Å²) in [4.78, 5) is 14.0. The number of hydrogen-bond acceptors (Lipinski definition) is 5. The number of hydrogen-bond donors (Lipinski definition) is 0. The van der Waals surface area contributed by atoms with Crippen molar-refractivity contribution in [3.05, 3.63) is 149 Å². The molecule has 7 heteroatoms. The van der Waals surface area contributed by atoms with Gasteiger partial charge in [0.1, 0.15) is 11.3 Å². The zero-order valence-corrected chi connectivity index (χ0v) is 26.8. The summed E-state index contributed by atoms with van der Waals surface area (Å²) < 4.78 is 17.9. The molecule has 1 atom stereocenters. The number of carbonyl (C=O) groups is 1. The molecule has 5 rings (SSSR count). The highest BCUT2D eigenvalue weighted by Gasteiger charge is 2.43. The van der Waals surface area contributed by atoms with Gasteiger partial charge in [0.05, 0.1) is 31.2 Å². The Morgan fingerprint density at radius 3 is 1.77 bits per heavy atom. The molecule has 1 aliphatic rings. The molecule has 0 saturated heterocycles. The third-order valence-corrected chi connectivity index (χ3v) is 11.4. The van der Waals surface area contributed by atoms with Crippen molar-refractivity contribution in [3.8, 4) is 6.07 Å². The summed E-state index contributed by atoms with van der Waals surface area (Å²) in [5.74, 6) is -0.894. The lowest BCUT2D eigenvalue weighted by Crippen LogP contribution is -2.29. The van der Waals surface area contributed by atoms with E-state index in [4.69, 9.17) is 25.8 Å². The van der Waals surface area contributed by atoms with Crippen molar-refractivity contribution in [3.63, 3.8) is 0 Å². The number of halogens is 1. The average molecular weight is 621 g/mol. The van der Waals surface area contributed by atoms with Crippen molar-refractivity contribution in [1.82, 2.24) is 0 Å². The number of rotatable bonds is 7. The molecule has 0 spiro atoms. The Balaban J connectivity index is 2.00. The van der Waals surface area contributed by atoms with Gasteiger partial charge < -0.3 is 9.47 Å². The third-order valence-electron chi connectivity index (χ3n) is 7.39. The van der Waals surface area contributed by atoms with E-state index in [0.29, 0.717) is 21.9 Å². The first kappa shape index (κ1) is 31.1. The maximum absolute atomic E-state index is 14.0. The topological polar surface area (TPSA) is 71.7 Å². The van der Waals surface area contributed by atoms with Gasteiger partial charge in [-0.1, -0.05) is 142 Å². The maximum Gasteiger partial charge on any atom is 0.340 e. The minimum Gasteiger partial charge on any atom is -0.462 e. The lowest BCUT2D eigenvalue weighted by Gasteiger charge is -2.35. The largest absolute Gasteiger partial charge is 0.462 e. The summed E-state index contributed by atoms with van der Waals surface area (Å²) in [6.07, 6.45) is 0. The van der Waals surface area contributed by atoms with Crippen LogP contribution in [0.15, 0.2) is 143 Å². The van der Waals surface area contributed by atoms with Gasteiger partial charge >= 0.3 is 5.97 Å². The number of carbonyl (C=O) groups excluding carboxylic acids is 1. The van der Waals surface area contributed by atoms with Crippen molar-refractivity contribution in [2.45, 2.75) is 33.6 Å².